The molecular formula is C51H57B24NO. The lowest BCUT2D eigenvalue weighted by Gasteiger charge is -2.38. The number of hydrogen-bond acceptors (Lipinski definition) is 2. The molecule has 1 unspecified atom stereocenters. The molecule has 12 rings (SSSR count). The van der Waals surface area contributed by atoms with Crippen molar-refractivity contribution in [3.05, 3.63) is 57.6 Å². The van der Waals surface area contributed by atoms with E-state index in [2.05, 4.69) is 223 Å². The fourth-order valence-corrected chi connectivity index (χ4v) is 16.3. The molecule has 2 nitrogen and oxygen atoms in total. The zero-order chi connectivity index (χ0) is 55.7. The van der Waals surface area contributed by atoms with Gasteiger partial charge in [-0.1, -0.05) is 104 Å². The Balaban J connectivity index is 1.36. The van der Waals surface area contributed by atoms with Crippen LogP contribution >= 0.6 is 0 Å². The minimum absolute atomic E-state index is 0.570. The van der Waals surface area contributed by atoms with Crippen LogP contribution in [0.4, 0.5) is 17.1 Å². The topological polar surface area (TPSA) is 16.4 Å². The van der Waals surface area contributed by atoms with Crippen molar-refractivity contribution < 1.29 is 4.42 Å². The summed E-state index contributed by atoms with van der Waals surface area (Å²) in [5.74, 6) is 0. The Kier molecular flexibility index (Phi) is 11.8. The van der Waals surface area contributed by atoms with Gasteiger partial charge in [0.2, 0.25) is 0 Å². The van der Waals surface area contributed by atoms with Crippen LogP contribution < -0.4 is 141 Å². The van der Waals surface area contributed by atoms with E-state index in [4.69, 9.17) is 4.42 Å². The summed E-state index contributed by atoms with van der Waals surface area (Å²) in [6, 6.07) is 10.2. The first-order valence-corrected chi connectivity index (χ1v) is 28.6. The van der Waals surface area contributed by atoms with Crippen molar-refractivity contribution in [3.8, 4) is 33.4 Å². The van der Waals surface area contributed by atoms with Crippen molar-refractivity contribution in [1.29, 1.82) is 0 Å². The second kappa shape index (κ2) is 17.2. The van der Waals surface area contributed by atoms with Crippen LogP contribution in [0.25, 0.3) is 55.3 Å². The van der Waals surface area contributed by atoms with E-state index < -0.39 is 5.41 Å². The number of hydrogen-bond donors (Lipinski definition) is 0. The van der Waals surface area contributed by atoms with Gasteiger partial charge in [0, 0.05) is 16.6 Å². The van der Waals surface area contributed by atoms with E-state index in [1.165, 1.54) is 231 Å². The molecular weight excluding hydrogens is 902 g/mol. The van der Waals surface area contributed by atoms with Crippen LogP contribution in [-0.4, -0.2) is 188 Å². The summed E-state index contributed by atoms with van der Waals surface area (Å²) in [4.78, 5) is 2.74. The maximum atomic E-state index is 7.45. The molecule has 8 aromatic carbocycles. The molecule has 1 atom stereocenters. The van der Waals surface area contributed by atoms with Crippen molar-refractivity contribution in [2.45, 2.75) is 19.3 Å². The maximum absolute atomic E-state index is 7.45. The van der Waals surface area contributed by atoms with Gasteiger partial charge in [-0.3, -0.25) is 0 Å². The third-order valence-electron chi connectivity index (χ3n) is 22.2. The smallest absolute Gasteiger partial charge is 0.190 e. The van der Waals surface area contributed by atoms with E-state index in [1.54, 1.807) is 0 Å². The Morgan fingerprint density at radius 3 is 1.36 bits per heavy atom. The van der Waals surface area contributed by atoms with Crippen LogP contribution in [0, 0.1) is 13.8 Å². The molecule has 0 amide bonds. The highest BCUT2D eigenvalue weighted by molar-refractivity contribution is 6.81. The molecule has 1 aromatic heterocycles. The largest absolute Gasteiger partial charge is 0.457 e. The van der Waals surface area contributed by atoms with Gasteiger partial charge in [0.1, 0.15) is 192 Å². The van der Waals surface area contributed by atoms with Crippen LogP contribution in [0.1, 0.15) is 33.4 Å². The Morgan fingerprint density at radius 2 is 0.779 bits per heavy atom. The molecule has 0 radical (unpaired) electrons. The predicted octanol–water partition coefficient (Wildman–Crippen LogP) is -28.7. The molecule has 4 bridgehead atoms. The molecule has 0 saturated heterocycles. The average molecular weight is 960 g/mol. The number of benzene rings is 8. The number of rotatable bonds is 2. The first-order chi connectivity index (χ1) is 36.2. The van der Waals surface area contributed by atoms with Gasteiger partial charge in [0.25, 0.3) is 0 Å². The fraction of sp³-hybridized carbons (Fsp3) is 0.0588. The van der Waals surface area contributed by atoms with Gasteiger partial charge in [-0.2, -0.15) is 0 Å². The van der Waals surface area contributed by atoms with Crippen molar-refractivity contribution in [2.75, 3.05) is 4.90 Å². The average Bonchev–Trinajstić information content (AvgIpc) is 4.00. The number of fused-ring (bicyclic) bond motifs is 14. The van der Waals surface area contributed by atoms with Gasteiger partial charge in [-0.05, 0) is 88.2 Å². The normalized spacial score (nSPS) is 14.6. The summed E-state index contributed by atoms with van der Waals surface area (Å²) in [5, 5.41) is 2.45. The molecule has 26 heteroatoms. The van der Waals surface area contributed by atoms with Gasteiger partial charge in [-0.25, -0.2) is 0 Å². The Labute approximate surface area is 479 Å². The molecule has 0 N–H and O–H groups in total. The Bertz CT molecular complexity index is 4270. The van der Waals surface area contributed by atoms with Crippen molar-refractivity contribution in [2.24, 2.45) is 0 Å². The van der Waals surface area contributed by atoms with Crippen LogP contribution in [0.15, 0.2) is 28.7 Å². The van der Waals surface area contributed by atoms with Crippen LogP contribution in [0.3, 0.4) is 0 Å². The van der Waals surface area contributed by atoms with Crippen molar-refractivity contribution in [3.63, 3.8) is 0 Å². The summed E-state index contributed by atoms with van der Waals surface area (Å²) >= 11 is 0. The molecule has 1 aliphatic heterocycles. The standard InChI is InChI=1S/C51H57B24NO/c1-7-10(52)5-14-17-19-26(51(24(7)17)25-8(2)28(55)38(65)30(57)20(25)21-27(51)36(63)43(70)39(66)31(21)58)37(64)46(73)48(35(19)62)75-13-6-15(18-23-34(61)42(69)45(72)47(74)50(23)77-49(18)29(13)56)76(14)9-3-11(53)16(12(54)4-9)22-32(59)40(67)44(71)41(68)33(22)60/h3-6,75H,52-74H2,1-2H3. The van der Waals surface area contributed by atoms with Gasteiger partial charge in [0.15, 0.2) is 7.28 Å². The molecule has 0 fully saturated rings. The molecule has 344 valence electrons. The fourth-order valence-electron chi connectivity index (χ4n) is 16.3. The molecule has 77 heavy (non-hydrogen) atoms. The minimum atomic E-state index is -0.570. The van der Waals surface area contributed by atoms with Gasteiger partial charge >= 0.3 is 0 Å². The summed E-state index contributed by atoms with van der Waals surface area (Å²) < 4.78 is 7.45. The van der Waals surface area contributed by atoms with E-state index >= 15 is 0 Å². The first kappa shape index (κ1) is 52.6. The lowest BCUT2D eigenvalue weighted by Crippen LogP contribution is -2.58. The molecule has 1 spiro atoms. The summed E-state index contributed by atoms with van der Waals surface area (Å²) in [5.41, 5.74) is 56.5. The molecule has 3 aliphatic rings. The first-order valence-electron chi connectivity index (χ1n) is 28.6. The van der Waals surface area contributed by atoms with Crippen LogP contribution in [0.2, 0.25) is 0 Å². The third-order valence-corrected chi connectivity index (χ3v) is 22.2. The number of anilines is 3. The molecule has 2 heterocycles. The third kappa shape index (κ3) is 6.32. The predicted molar refractivity (Wildman–Crippen MR) is 414 cm³/mol. The lowest BCUT2D eigenvalue weighted by molar-refractivity contribution is 0.675. The molecule has 2 aliphatic carbocycles. The summed E-state index contributed by atoms with van der Waals surface area (Å²) in [6.45, 7) is 4.93. The van der Waals surface area contributed by atoms with Gasteiger partial charge < -0.3 is 9.32 Å². The van der Waals surface area contributed by atoms with Gasteiger partial charge in [-0.15, -0.1) is 43.7 Å². The number of nitrogens with zero attached hydrogens (tertiary/aromatic N) is 1. The highest BCUT2D eigenvalue weighted by atomic mass is 16.3. The monoisotopic (exact) mass is 964 g/mol. The van der Waals surface area contributed by atoms with Gasteiger partial charge in [0.05, 0.1) is 22.2 Å². The molecule has 0 saturated carbocycles. The quantitative estimate of drug-likeness (QED) is 0.161. The zero-order valence-electron chi connectivity index (χ0n) is 51.4. The summed E-state index contributed by atoms with van der Waals surface area (Å²) in [7, 11) is 55.3. The van der Waals surface area contributed by atoms with Crippen molar-refractivity contribution >= 4 is 363 Å². The minimum Gasteiger partial charge on any atom is -0.457 e. The van der Waals surface area contributed by atoms with E-state index in [-0.39, 0.29) is 0 Å². The van der Waals surface area contributed by atoms with E-state index in [0.717, 1.165) is 18.4 Å². The lowest BCUT2D eigenvalue weighted by atomic mass is 9.49. The second-order valence-electron chi connectivity index (χ2n) is 25.1. The summed E-state index contributed by atoms with van der Waals surface area (Å²) in [6.07, 6.45) is 0. The zero-order valence-corrected chi connectivity index (χ0v) is 51.4. The highest BCUT2D eigenvalue weighted by Crippen LogP contribution is 2.64. The van der Waals surface area contributed by atoms with E-state index in [1.807, 2.05) is 0 Å². The van der Waals surface area contributed by atoms with E-state index in [9.17, 15) is 0 Å². The van der Waals surface area contributed by atoms with E-state index in [0.29, 0.717) is 0 Å². The molecule has 9 aromatic rings. The Morgan fingerprint density at radius 1 is 0.338 bits per heavy atom. The second-order valence-corrected chi connectivity index (χ2v) is 25.1. The SMILES string of the molecule is Bc1cc2c3c(c1C)C1(c4c(B)c(B)c(c(B)c4-3)Bc3cc(c4c(oc5c(B)c(B)c(B)c(B)c54)c3B)N2c2cc(B)c(-c3c(B)c(B)c(B)c(B)c3B)c(B)c2)c2c(B)c(B)c(B)c(B)c2-c2c(B)c(B)c(B)c(C)c21. The van der Waals surface area contributed by atoms with Crippen LogP contribution in [-0.2, 0) is 5.41 Å². The van der Waals surface area contributed by atoms with Crippen molar-refractivity contribution in [1.82, 2.24) is 0 Å². The Hall–Kier alpha value is -5.08. The maximum Gasteiger partial charge on any atom is 0.190 e. The number of furan rings is 1. The van der Waals surface area contributed by atoms with Crippen LogP contribution in [0.5, 0.6) is 0 Å². The highest BCUT2D eigenvalue weighted by Gasteiger charge is 2.57.